The molecule has 0 radical (unpaired) electrons. The number of amides is 2. The maximum atomic E-state index is 13.4. The van der Waals surface area contributed by atoms with Crippen LogP contribution in [0.4, 0.5) is 0 Å². The highest BCUT2D eigenvalue weighted by molar-refractivity contribution is 6.00. The summed E-state index contributed by atoms with van der Waals surface area (Å²) in [5, 5.41) is 0. The van der Waals surface area contributed by atoms with Crippen LogP contribution in [0.15, 0.2) is 48.5 Å². The summed E-state index contributed by atoms with van der Waals surface area (Å²) in [7, 11) is 1.79. The van der Waals surface area contributed by atoms with Gasteiger partial charge in [-0.15, -0.1) is 0 Å². The van der Waals surface area contributed by atoms with Gasteiger partial charge in [0, 0.05) is 20.1 Å². The van der Waals surface area contributed by atoms with Gasteiger partial charge in [0.05, 0.1) is 29.7 Å². The number of likely N-dealkylation sites (tertiary alicyclic amines) is 1. The minimum absolute atomic E-state index is 0.0561. The van der Waals surface area contributed by atoms with Crippen molar-refractivity contribution in [2.45, 2.75) is 45.8 Å². The van der Waals surface area contributed by atoms with Gasteiger partial charge in [-0.2, -0.15) is 0 Å². The monoisotopic (exact) mass is 434 g/mol. The highest BCUT2D eigenvalue weighted by atomic mass is 16.5. The van der Waals surface area contributed by atoms with Crippen molar-refractivity contribution >= 4 is 22.8 Å². The molecule has 1 fully saturated rings. The van der Waals surface area contributed by atoms with Crippen molar-refractivity contribution in [2.75, 3.05) is 20.2 Å². The van der Waals surface area contributed by atoms with E-state index in [9.17, 15) is 9.59 Å². The fourth-order valence-corrected chi connectivity index (χ4v) is 4.49. The quantitative estimate of drug-likeness (QED) is 0.568. The molecule has 32 heavy (non-hydrogen) atoms. The van der Waals surface area contributed by atoms with Crippen LogP contribution in [0, 0.1) is 0 Å². The lowest BCUT2D eigenvalue weighted by molar-refractivity contribution is -0.134. The lowest BCUT2D eigenvalue weighted by Crippen LogP contribution is -2.46. The third-order valence-electron chi connectivity index (χ3n) is 6.02. The highest BCUT2D eigenvalue weighted by Gasteiger charge is 2.37. The maximum Gasteiger partial charge on any atom is 0.258 e. The van der Waals surface area contributed by atoms with E-state index in [4.69, 9.17) is 9.72 Å². The molecule has 7 heteroatoms. The topological polar surface area (TPSA) is 67.7 Å². The Hall–Kier alpha value is -3.35. The number of aryl methyl sites for hydroxylation is 1. The minimum atomic E-state index is -0.471. The zero-order valence-corrected chi connectivity index (χ0v) is 19.0. The molecule has 1 aliphatic heterocycles. The van der Waals surface area contributed by atoms with Crippen molar-refractivity contribution in [2.24, 2.45) is 0 Å². The fraction of sp³-hybridized carbons (Fsp3) is 0.400. The molecular formula is C25H30N4O3. The van der Waals surface area contributed by atoms with Gasteiger partial charge in [0.15, 0.2) is 0 Å². The van der Waals surface area contributed by atoms with E-state index in [2.05, 4.69) is 11.5 Å². The first-order chi connectivity index (χ1) is 15.5. The smallest absolute Gasteiger partial charge is 0.258 e. The Labute approximate surface area is 188 Å². The number of carbonyl (C=O) groups excluding carboxylic acids is 2. The van der Waals surface area contributed by atoms with Crippen LogP contribution in [0.1, 0.15) is 42.9 Å². The molecule has 0 spiro atoms. The molecule has 4 rings (SSSR count). The van der Waals surface area contributed by atoms with Crippen LogP contribution >= 0.6 is 0 Å². The van der Waals surface area contributed by atoms with Gasteiger partial charge in [-0.1, -0.05) is 24.3 Å². The third kappa shape index (κ3) is 4.07. The molecule has 0 N–H and O–H groups in total. The second-order valence-electron chi connectivity index (χ2n) is 8.04. The Bertz CT molecular complexity index is 1120. The summed E-state index contributed by atoms with van der Waals surface area (Å²) in [6, 6.07) is 14.8. The number of fused-ring (bicyclic) bond motifs is 1. The summed E-state index contributed by atoms with van der Waals surface area (Å²) in [4.78, 5) is 34.8. The maximum absolute atomic E-state index is 13.4. The predicted molar refractivity (Wildman–Crippen MR) is 124 cm³/mol. The van der Waals surface area contributed by atoms with E-state index >= 15 is 0 Å². The number of rotatable bonds is 7. The van der Waals surface area contributed by atoms with Crippen LogP contribution < -0.4 is 4.74 Å². The average molecular weight is 435 g/mol. The van der Waals surface area contributed by atoms with Crippen molar-refractivity contribution in [3.8, 4) is 5.75 Å². The summed E-state index contributed by atoms with van der Waals surface area (Å²) in [5.41, 5.74) is 2.50. The van der Waals surface area contributed by atoms with Crippen LogP contribution in [-0.4, -0.2) is 57.4 Å². The zero-order chi connectivity index (χ0) is 22.7. The van der Waals surface area contributed by atoms with Crippen molar-refractivity contribution in [3.63, 3.8) is 0 Å². The van der Waals surface area contributed by atoms with Crippen LogP contribution in [0.3, 0.4) is 0 Å². The number of para-hydroxylation sites is 3. The molecule has 1 unspecified atom stereocenters. The average Bonchev–Trinajstić information content (AvgIpc) is 3.43. The second-order valence-corrected chi connectivity index (χ2v) is 8.04. The normalized spacial score (nSPS) is 15.8. The Balaban J connectivity index is 1.53. The van der Waals surface area contributed by atoms with Gasteiger partial charge >= 0.3 is 0 Å². The number of hydrogen-bond donors (Lipinski definition) is 0. The summed E-state index contributed by atoms with van der Waals surface area (Å²) >= 11 is 0. The van der Waals surface area contributed by atoms with Gasteiger partial charge < -0.3 is 19.1 Å². The first kappa shape index (κ1) is 21.9. The predicted octanol–water partition coefficient (Wildman–Crippen LogP) is 3.72. The molecule has 2 heterocycles. The summed E-state index contributed by atoms with van der Waals surface area (Å²) in [6.07, 6.45) is 1.47. The first-order valence-electron chi connectivity index (χ1n) is 11.3. The molecule has 2 amide bonds. The van der Waals surface area contributed by atoms with Crippen molar-refractivity contribution in [1.82, 2.24) is 19.4 Å². The van der Waals surface area contributed by atoms with E-state index in [0.29, 0.717) is 37.4 Å². The van der Waals surface area contributed by atoms with E-state index in [0.717, 1.165) is 29.8 Å². The summed E-state index contributed by atoms with van der Waals surface area (Å²) in [6.45, 7) is 6.19. The molecule has 2 aromatic carbocycles. The largest absolute Gasteiger partial charge is 0.493 e. The van der Waals surface area contributed by atoms with Gasteiger partial charge in [0.1, 0.15) is 17.6 Å². The summed E-state index contributed by atoms with van der Waals surface area (Å²) < 4.78 is 7.77. The standard InChI is InChI=1S/C25H30N4O3/c1-4-28-20-13-8-7-12-19(20)26-23(28)17-27(3)25(31)21-14-10-16-29(21)24(30)18-11-6-9-15-22(18)32-5-2/h6-9,11-13,15,21H,4-5,10,14,16-17H2,1-3H3. The first-order valence-corrected chi connectivity index (χ1v) is 11.3. The highest BCUT2D eigenvalue weighted by Crippen LogP contribution is 2.27. The molecule has 0 bridgehead atoms. The zero-order valence-electron chi connectivity index (χ0n) is 19.0. The molecule has 3 aromatic rings. The number of likely N-dealkylation sites (N-methyl/N-ethyl adjacent to an activating group) is 1. The summed E-state index contributed by atoms with van der Waals surface area (Å²) in [5.74, 6) is 1.20. The number of imidazole rings is 1. The lowest BCUT2D eigenvalue weighted by Gasteiger charge is -2.28. The third-order valence-corrected chi connectivity index (χ3v) is 6.02. The molecule has 7 nitrogen and oxygen atoms in total. The van der Waals surface area contributed by atoms with E-state index in [1.54, 1.807) is 29.0 Å². The lowest BCUT2D eigenvalue weighted by atomic mass is 10.1. The Morgan fingerprint density at radius 3 is 2.66 bits per heavy atom. The SMILES string of the molecule is CCOc1ccccc1C(=O)N1CCCC1C(=O)N(C)Cc1nc2ccccc2n1CC. The number of ether oxygens (including phenoxy) is 1. The van der Waals surface area contributed by atoms with E-state index < -0.39 is 6.04 Å². The van der Waals surface area contributed by atoms with Gasteiger partial charge in [-0.25, -0.2) is 4.98 Å². The number of carbonyl (C=O) groups is 2. The van der Waals surface area contributed by atoms with Crippen molar-refractivity contribution in [3.05, 3.63) is 59.9 Å². The Morgan fingerprint density at radius 2 is 1.88 bits per heavy atom. The number of nitrogens with zero attached hydrogens (tertiary/aromatic N) is 4. The Kier molecular flexibility index (Phi) is 6.44. The van der Waals surface area contributed by atoms with E-state index in [-0.39, 0.29) is 11.8 Å². The minimum Gasteiger partial charge on any atom is -0.493 e. The molecule has 0 saturated carbocycles. The van der Waals surface area contributed by atoms with Crippen LogP contribution in [0.2, 0.25) is 0 Å². The molecule has 1 atom stereocenters. The second kappa shape index (κ2) is 9.42. The van der Waals surface area contributed by atoms with Gasteiger partial charge in [-0.3, -0.25) is 9.59 Å². The number of aromatic nitrogens is 2. The number of benzene rings is 2. The number of hydrogen-bond acceptors (Lipinski definition) is 4. The molecule has 0 aliphatic carbocycles. The van der Waals surface area contributed by atoms with Gasteiger partial charge in [-0.05, 0) is 51.0 Å². The van der Waals surface area contributed by atoms with Crippen molar-refractivity contribution in [1.29, 1.82) is 0 Å². The molecule has 1 aliphatic rings. The fourth-order valence-electron chi connectivity index (χ4n) is 4.49. The molecule has 168 valence electrons. The van der Waals surface area contributed by atoms with Crippen LogP contribution in [0.5, 0.6) is 5.75 Å². The van der Waals surface area contributed by atoms with Crippen LogP contribution in [0.25, 0.3) is 11.0 Å². The van der Waals surface area contributed by atoms with Crippen molar-refractivity contribution < 1.29 is 14.3 Å². The molecular weight excluding hydrogens is 404 g/mol. The van der Waals surface area contributed by atoms with Gasteiger partial charge in [0.2, 0.25) is 5.91 Å². The molecule has 1 saturated heterocycles. The van der Waals surface area contributed by atoms with E-state index in [1.807, 2.05) is 43.3 Å². The molecule has 1 aromatic heterocycles. The van der Waals surface area contributed by atoms with Gasteiger partial charge in [0.25, 0.3) is 5.91 Å². The van der Waals surface area contributed by atoms with E-state index in [1.165, 1.54) is 0 Å². The van der Waals surface area contributed by atoms with Crippen LogP contribution in [-0.2, 0) is 17.9 Å². The Morgan fingerprint density at radius 1 is 1.12 bits per heavy atom.